The van der Waals surface area contributed by atoms with E-state index in [1.165, 1.54) is 24.0 Å². The van der Waals surface area contributed by atoms with Crippen molar-refractivity contribution in [3.05, 3.63) is 30.1 Å². The lowest BCUT2D eigenvalue weighted by Crippen LogP contribution is -2.37. The lowest BCUT2D eigenvalue weighted by Gasteiger charge is -2.21. The van der Waals surface area contributed by atoms with E-state index in [9.17, 15) is 14.0 Å². The molecule has 0 aliphatic rings. The third-order valence-corrected chi connectivity index (χ3v) is 2.48. The van der Waals surface area contributed by atoms with Gasteiger partial charge in [0.25, 0.3) is 0 Å². The van der Waals surface area contributed by atoms with Crippen LogP contribution in [0.15, 0.2) is 24.3 Å². The Labute approximate surface area is 106 Å². The average molecular weight is 252 g/mol. The Bertz CT molecular complexity index is 435. The summed E-state index contributed by atoms with van der Waals surface area (Å²) in [5.41, 5.74) is 0.494. The highest BCUT2D eigenvalue weighted by atomic mass is 19.1. The van der Waals surface area contributed by atoms with E-state index in [2.05, 4.69) is 5.32 Å². The molecule has 98 valence electrons. The molecule has 0 atom stereocenters. The molecule has 0 unspecified atom stereocenters. The smallest absolute Gasteiger partial charge is 0.223 e. The molecule has 5 heteroatoms. The van der Waals surface area contributed by atoms with Crippen LogP contribution in [-0.4, -0.2) is 24.9 Å². The van der Waals surface area contributed by atoms with Crippen molar-refractivity contribution < 1.29 is 14.0 Å². The molecule has 0 heterocycles. The molecule has 0 bridgehead atoms. The van der Waals surface area contributed by atoms with Crippen LogP contribution in [0.4, 0.5) is 10.1 Å². The Hall–Kier alpha value is -1.91. The number of nitrogens with one attached hydrogen (secondary N) is 1. The number of carbonyl (C=O) groups is 2. The number of nitrogens with zero attached hydrogens (tertiary/aromatic N) is 1. The third kappa shape index (κ3) is 4.16. The first-order chi connectivity index (χ1) is 8.54. The van der Waals surface area contributed by atoms with Crippen molar-refractivity contribution in [1.29, 1.82) is 0 Å². The van der Waals surface area contributed by atoms with E-state index in [0.717, 1.165) is 0 Å². The summed E-state index contributed by atoms with van der Waals surface area (Å²) in [7, 11) is 0. The predicted molar refractivity (Wildman–Crippen MR) is 67.7 cm³/mol. The zero-order valence-electron chi connectivity index (χ0n) is 10.6. The van der Waals surface area contributed by atoms with Gasteiger partial charge in [0.1, 0.15) is 5.82 Å². The van der Waals surface area contributed by atoms with E-state index < -0.39 is 5.82 Å². The number of anilines is 1. The molecule has 0 spiro atoms. The first-order valence-corrected chi connectivity index (χ1v) is 5.85. The second kappa shape index (κ2) is 6.74. The Balaban J connectivity index is 2.66. The normalized spacial score (nSPS) is 9.94. The topological polar surface area (TPSA) is 49.4 Å². The van der Waals surface area contributed by atoms with Crippen LogP contribution in [0.2, 0.25) is 0 Å². The second-order valence-corrected chi connectivity index (χ2v) is 3.85. The molecule has 0 aliphatic carbocycles. The molecule has 0 aliphatic heterocycles. The molecule has 1 aromatic rings. The van der Waals surface area contributed by atoms with Gasteiger partial charge in [0, 0.05) is 32.1 Å². The second-order valence-electron chi connectivity index (χ2n) is 3.85. The highest BCUT2D eigenvalue weighted by Gasteiger charge is 2.11. The standard InChI is InChI=1S/C13H17FN2O2/c1-3-13(18)15-7-8-16(10(2)17)12-6-4-5-11(14)9-12/h4-6,9H,3,7-8H2,1-2H3,(H,15,18). The maximum Gasteiger partial charge on any atom is 0.223 e. The van der Waals surface area contributed by atoms with Gasteiger partial charge in [-0.15, -0.1) is 0 Å². The van der Waals surface area contributed by atoms with Gasteiger partial charge in [0.2, 0.25) is 11.8 Å². The SMILES string of the molecule is CCC(=O)NCCN(C(C)=O)c1cccc(F)c1. The summed E-state index contributed by atoms with van der Waals surface area (Å²) in [6.07, 6.45) is 0.403. The maximum atomic E-state index is 13.1. The highest BCUT2D eigenvalue weighted by molar-refractivity contribution is 5.91. The van der Waals surface area contributed by atoms with Crippen LogP contribution >= 0.6 is 0 Å². The summed E-state index contributed by atoms with van der Waals surface area (Å²) in [6.45, 7) is 3.84. The fourth-order valence-electron chi connectivity index (χ4n) is 1.54. The summed E-state index contributed by atoms with van der Waals surface area (Å²) >= 11 is 0. The molecule has 0 fully saturated rings. The first kappa shape index (κ1) is 14.2. The van der Waals surface area contributed by atoms with Gasteiger partial charge >= 0.3 is 0 Å². The van der Waals surface area contributed by atoms with Crippen molar-refractivity contribution in [1.82, 2.24) is 5.32 Å². The van der Waals surface area contributed by atoms with Gasteiger partial charge < -0.3 is 10.2 Å². The molecular formula is C13H17FN2O2. The predicted octanol–water partition coefficient (Wildman–Crippen LogP) is 1.70. The zero-order chi connectivity index (χ0) is 13.5. The molecule has 0 saturated carbocycles. The van der Waals surface area contributed by atoms with Crippen LogP contribution in [0, 0.1) is 5.82 Å². The van der Waals surface area contributed by atoms with E-state index >= 15 is 0 Å². The Morgan fingerprint density at radius 2 is 2.11 bits per heavy atom. The first-order valence-electron chi connectivity index (χ1n) is 5.85. The largest absolute Gasteiger partial charge is 0.354 e. The van der Waals surface area contributed by atoms with Crippen molar-refractivity contribution in [3.63, 3.8) is 0 Å². The van der Waals surface area contributed by atoms with Crippen LogP contribution in [0.5, 0.6) is 0 Å². The van der Waals surface area contributed by atoms with Crippen LogP contribution in [0.25, 0.3) is 0 Å². The molecule has 0 saturated heterocycles. The van der Waals surface area contributed by atoms with Gasteiger partial charge in [0.15, 0.2) is 0 Å². The molecule has 0 aromatic heterocycles. The molecule has 2 amide bonds. The quantitative estimate of drug-likeness (QED) is 0.867. The number of benzene rings is 1. The minimum absolute atomic E-state index is 0.0715. The Morgan fingerprint density at radius 1 is 1.39 bits per heavy atom. The van der Waals surface area contributed by atoms with Gasteiger partial charge in [-0.05, 0) is 18.2 Å². The minimum Gasteiger partial charge on any atom is -0.354 e. The number of amides is 2. The summed E-state index contributed by atoms with van der Waals surface area (Å²) in [5, 5.41) is 2.68. The van der Waals surface area contributed by atoms with E-state index in [4.69, 9.17) is 0 Å². The Kier molecular flexibility index (Phi) is 5.30. The van der Waals surface area contributed by atoms with Gasteiger partial charge in [-0.1, -0.05) is 13.0 Å². The van der Waals surface area contributed by atoms with Crippen molar-refractivity contribution in [3.8, 4) is 0 Å². The monoisotopic (exact) mass is 252 g/mol. The number of hydrogen-bond donors (Lipinski definition) is 1. The summed E-state index contributed by atoms with van der Waals surface area (Å²) in [6, 6.07) is 5.82. The lowest BCUT2D eigenvalue weighted by atomic mass is 10.2. The van der Waals surface area contributed by atoms with E-state index in [1.54, 1.807) is 19.1 Å². The highest BCUT2D eigenvalue weighted by Crippen LogP contribution is 2.15. The van der Waals surface area contributed by atoms with Crippen molar-refractivity contribution in [2.75, 3.05) is 18.0 Å². The molecule has 1 rings (SSSR count). The average Bonchev–Trinajstić information content (AvgIpc) is 2.33. The van der Waals surface area contributed by atoms with Gasteiger partial charge in [-0.2, -0.15) is 0 Å². The van der Waals surface area contributed by atoms with E-state index in [0.29, 0.717) is 25.2 Å². The fourth-order valence-corrected chi connectivity index (χ4v) is 1.54. The Morgan fingerprint density at radius 3 is 2.67 bits per heavy atom. The lowest BCUT2D eigenvalue weighted by molar-refractivity contribution is -0.121. The van der Waals surface area contributed by atoms with Crippen LogP contribution in [-0.2, 0) is 9.59 Å². The van der Waals surface area contributed by atoms with Gasteiger partial charge in [-0.25, -0.2) is 4.39 Å². The van der Waals surface area contributed by atoms with E-state index in [-0.39, 0.29) is 11.8 Å². The van der Waals surface area contributed by atoms with Crippen LogP contribution < -0.4 is 10.2 Å². The number of hydrogen-bond acceptors (Lipinski definition) is 2. The van der Waals surface area contributed by atoms with E-state index in [1.807, 2.05) is 0 Å². The zero-order valence-corrected chi connectivity index (χ0v) is 10.6. The van der Waals surface area contributed by atoms with Crippen molar-refractivity contribution in [2.45, 2.75) is 20.3 Å². The molecule has 1 aromatic carbocycles. The molecule has 18 heavy (non-hydrogen) atoms. The fraction of sp³-hybridized carbons (Fsp3) is 0.385. The summed E-state index contributed by atoms with van der Waals surface area (Å²) < 4.78 is 13.1. The van der Waals surface area contributed by atoms with Crippen molar-refractivity contribution >= 4 is 17.5 Å². The maximum absolute atomic E-state index is 13.1. The van der Waals surface area contributed by atoms with Gasteiger partial charge in [-0.3, -0.25) is 9.59 Å². The van der Waals surface area contributed by atoms with Gasteiger partial charge in [0.05, 0.1) is 0 Å². The molecule has 0 radical (unpaired) electrons. The number of halogens is 1. The number of rotatable bonds is 5. The summed E-state index contributed by atoms with van der Waals surface area (Å²) in [4.78, 5) is 24.0. The minimum atomic E-state index is -0.392. The molecule has 4 nitrogen and oxygen atoms in total. The number of carbonyl (C=O) groups excluding carboxylic acids is 2. The molecular weight excluding hydrogens is 235 g/mol. The van der Waals surface area contributed by atoms with Crippen LogP contribution in [0.3, 0.4) is 0 Å². The third-order valence-electron chi connectivity index (χ3n) is 2.48. The van der Waals surface area contributed by atoms with Crippen LogP contribution in [0.1, 0.15) is 20.3 Å². The summed E-state index contributed by atoms with van der Waals surface area (Å²) in [5.74, 6) is -0.652. The molecule has 1 N–H and O–H groups in total. The van der Waals surface area contributed by atoms with Crippen molar-refractivity contribution in [2.24, 2.45) is 0 Å².